The van der Waals surface area contributed by atoms with E-state index < -0.39 is 0 Å². The maximum Gasteiger partial charge on any atom is 0.257 e. The van der Waals surface area contributed by atoms with Crippen LogP contribution >= 0.6 is 0 Å². The fraction of sp³-hybridized carbons (Fsp3) is 0.500. The maximum atomic E-state index is 13.0. The van der Waals surface area contributed by atoms with Crippen LogP contribution in [0, 0.1) is 0 Å². The number of aryl methyl sites for hydroxylation is 1. The molecule has 0 radical (unpaired) electrons. The van der Waals surface area contributed by atoms with Crippen molar-refractivity contribution in [3.8, 4) is 0 Å². The van der Waals surface area contributed by atoms with Crippen LogP contribution in [0.15, 0.2) is 35.4 Å². The molecule has 138 valence electrons. The molecule has 4 heterocycles. The fourth-order valence-corrected chi connectivity index (χ4v) is 3.80. The summed E-state index contributed by atoms with van der Waals surface area (Å²) >= 11 is 0. The predicted octanol–water partition coefficient (Wildman–Crippen LogP) is 0.966. The molecule has 4 rings (SSSR count). The summed E-state index contributed by atoms with van der Waals surface area (Å²) in [7, 11) is 1.85. The van der Waals surface area contributed by atoms with Crippen LogP contribution in [0.1, 0.15) is 23.2 Å². The van der Waals surface area contributed by atoms with Crippen molar-refractivity contribution in [3.63, 3.8) is 0 Å². The van der Waals surface area contributed by atoms with Crippen molar-refractivity contribution in [2.45, 2.75) is 18.9 Å². The Morgan fingerprint density at radius 2 is 2.04 bits per heavy atom. The van der Waals surface area contributed by atoms with Gasteiger partial charge in [-0.25, -0.2) is 0 Å². The van der Waals surface area contributed by atoms with Gasteiger partial charge in [0.1, 0.15) is 6.26 Å². The van der Waals surface area contributed by atoms with Gasteiger partial charge >= 0.3 is 0 Å². The van der Waals surface area contributed by atoms with Crippen molar-refractivity contribution in [1.29, 1.82) is 0 Å². The third kappa shape index (κ3) is 3.12. The summed E-state index contributed by atoms with van der Waals surface area (Å²) in [5.74, 6) is 0.129. The SMILES string of the molecule is Cn1cc(N2CCC[C@@H](N3CCN(C(=O)c4ccoc4)CC3)C2=O)cn1. The number of amides is 2. The molecule has 8 heteroatoms. The van der Waals surface area contributed by atoms with Gasteiger partial charge in [-0.1, -0.05) is 0 Å². The Balaban J connectivity index is 1.39. The molecule has 0 unspecified atom stereocenters. The van der Waals surface area contributed by atoms with Gasteiger partial charge in [-0.15, -0.1) is 0 Å². The van der Waals surface area contributed by atoms with Gasteiger partial charge in [0.05, 0.1) is 29.8 Å². The van der Waals surface area contributed by atoms with E-state index in [9.17, 15) is 9.59 Å². The molecule has 0 aromatic carbocycles. The van der Waals surface area contributed by atoms with Crippen LogP contribution in [0.4, 0.5) is 5.69 Å². The third-order valence-corrected chi connectivity index (χ3v) is 5.22. The van der Waals surface area contributed by atoms with Gasteiger partial charge in [0.25, 0.3) is 5.91 Å². The van der Waals surface area contributed by atoms with E-state index >= 15 is 0 Å². The van der Waals surface area contributed by atoms with E-state index in [1.54, 1.807) is 16.9 Å². The summed E-state index contributed by atoms with van der Waals surface area (Å²) in [6.07, 6.45) is 8.44. The largest absolute Gasteiger partial charge is 0.472 e. The predicted molar refractivity (Wildman–Crippen MR) is 94.8 cm³/mol. The number of aromatic nitrogens is 2. The van der Waals surface area contributed by atoms with Crippen LogP contribution in [0.5, 0.6) is 0 Å². The van der Waals surface area contributed by atoms with E-state index in [1.807, 2.05) is 23.0 Å². The van der Waals surface area contributed by atoms with E-state index in [2.05, 4.69) is 10.00 Å². The second-order valence-electron chi connectivity index (χ2n) is 6.86. The van der Waals surface area contributed by atoms with Crippen LogP contribution < -0.4 is 4.90 Å². The zero-order valence-corrected chi connectivity index (χ0v) is 14.9. The summed E-state index contributed by atoms with van der Waals surface area (Å²) in [5.41, 5.74) is 1.44. The number of carbonyl (C=O) groups excluding carboxylic acids is 2. The molecule has 2 amide bonds. The van der Waals surface area contributed by atoms with Gasteiger partial charge in [0, 0.05) is 46.0 Å². The first kappa shape index (κ1) is 16.8. The average Bonchev–Trinajstić information content (AvgIpc) is 3.33. The average molecular weight is 357 g/mol. The molecule has 0 N–H and O–H groups in total. The van der Waals surface area contributed by atoms with Gasteiger partial charge in [0.2, 0.25) is 5.91 Å². The molecular formula is C18H23N5O3. The number of hydrogen-bond donors (Lipinski definition) is 0. The highest BCUT2D eigenvalue weighted by Crippen LogP contribution is 2.24. The molecule has 0 spiro atoms. The van der Waals surface area contributed by atoms with Crippen molar-refractivity contribution in [1.82, 2.24) is 19.6 Å². The molecule has 2 fully saturated rings. The van der Waals surface area contributed by atoms with Crippen molar-refractivity contribution < 1.29 is 14.0 Å². The molecule has 1 atom stereocenters. The lowest BCUT2D eigenvalue weighted by molar-refractivity contribution is -0.126. The lowest BCUT2D eigenvalue weighted by Crippen LogP contribution is -2.58. The molecule has 2 aromatic rings. The Hall–Kier alpha value is -2.61. The summed E-state index contributed by atoms with van der Waals surface area (Å²) in [6.45, 7) is 3.41. The van der Waals surface area contributed by atoms with Crippen LogP contribution in [0.25, 0.3) is 0 Å². The molecule has 2 aliphatic heterocycles. The number of hydrogen-bond acceptors (Lipinski definition) is 5. The first-order valence-electron chi connectivity index (χ1n) is 8.99. The number of furan rings is 1. The number of carbonyl (C=O) groups is 2. The summed E-state index contributed by atoms with van der Waals surface area (Å²) < 4.78 is 6.71. The molecular weight excluding hydrogens is 334 g/mol. The molecule has 2 saturated heterocycles. The molecule has 0 aliphatic carbocycles. The van der Waals surface area contributed by atoms with E-state index in [1.165, 1.54) is 12.5 Å². The summed E-state index contributed by atoms with van der Waals surface area (Å²) in [4.78, 5) is 31.3. The quantitative estimate of drug-likeness (QED) is 0.818. The van der Waals surface area contributed by atoms with Gasteiger partial charge in [0.15, 0.2) is 0 Å². The number of anilines is 1. The van der Waals surface area contributed by atoms with Gasteiger partial charge < -0.3 is 14.2 Å². The van der Waals surface area contributed by atoms with Crippen molar-refractivity contribution in [2.75, 3.05) is 37.6 Å². The number of piperidine rings is 1. The van der Waals surface area contributed by atoms with Gasteiger partial charge in [-0.05, 0) is 18.9 Å². The normalized spacial score (nSPS) is 22.0. The molecule has 2 aromatic heterocycles. The van der Waals surface area contributed by atoms with E-state index in [0.29, 0.717) is 31.7 Å². The summed E-state index contributed by atoms with van der Waals surface area (Å²) in [6, 6.07) is 1.57. The minimum atomic E-state index is -0.116. The first-order valence-corrected chi connectivity index (χ1v) is 8.99. The minimum Gasteiger partial charge on any atom is -0.472 e. The zero-order valence-electron chi connectivity index (χ0n) is 14.9. The summed E-state index contributed by atoms with van der Waals surface area (Å²) in [5, 5.41) is 4.17. The highest BCUT2D eigenvalue weighted by Gasteiger charge is 2.36. The molecule has 2 aliphatic rings. The molecule has 8 nitrogen and oxygen atoms in total. The number of piperazine rings is 1. The standard InChI is InChI=1S/C18H23N5O3/c1-20-12-15(11-19-20)23-5-2-3-16(18(23)25)21-6-8-22(9-7-21)17(24)14-4-10-26-13-14/h4,10-13,16H,2-3,5-9H2,1H3/t16-/m1/s1. The lowest BCUT2D eigenvalue weighted by atomic mass is 10.0. The molecule has 26 heavy (non-hydrogen) atoms. The van der Waals surface area contributed by atoms with E-state index in [0.717, 1.165) is 25.1 Å². The smallest absolute Gasteiger partial charge is 0.257 e. The monoisotopic (exact) mass is 357 g/mol. The second-order valence-corrected chi connectivity index (χ2v) is 6.86. The van der Waals surface area contributed by atoms with Gasteiger partial charge in [-0.2, -0.15) is 5.10 Å². The Morgan fingerprint density at radius 1 is 1.23 bits per heavy atom. The second kappa shape index (κ2) is 6.95. The highest BCUT2D eigenvalue weighted by atomic mass is 16.3. The Morgan fingerprint density at radius 3 is 2.69 bits per heavy atom. The van der Waals surface area contributed by atoms with Crippen molar-refractivity contribution in [2.24, 2.45) is 7.05 Å². The van der Waals surface area contributed by atoms with Crippen LogP contribution in [0.2, 0.25) is 0 Å². The number of rotatable bonds is 3. The van der Waals surface area contributed by atoms with E-state index in [4.69, 9.17) is 4.42 Å². The Bertz CT molecular complexity index is 777. The zero-order chi connectivity index (χ0) is 18.1. The van der Waals surface area contributed by atoms with Crippen LogP contribution in [0.3, 0.4) is 0 Å². The third-order valence-electron chi connectivity index (χ3n) is 5.22. The van der Waals surface area contributed by atoms with Gasteiger partial charge in [-0.3, -0.25) is 19.2 Å². The maximum absolute atomic E-state index is 13.0. The van der Waals surface area contributed by atoms with Crippen LogP contribution in [-0.4, -0.2) is 70.2 Å². The van der Waals surface area contributed by atoms with E-state index in [-0.39, 0.29) is 17.9 Å². The lowest BCUT2D eigenvalue weighted by Gasteiger charge is -2.42. The minimum absolute atomic E-state index is 0.00893. The van der Waals surface area contributed by atoms with Crippen molar-refractivity contribution in [3.05, 3.63) is 36.5 Å². The van der Waals surface area contributed by atoms with Crippen molar-refractivity contribution >= 4 is 17.5 Å². The fourth-order valence-electron chi connectivity index (χ4n) is 3.80. The Kier molecular flexibility index (Phi) is 4.50. The first-order chi connectivity index (χ1) is 12.6. The Labute approximate surface area is 151 Å². The molecule has 0 bridgehead atoms. The topological polar surface area (TPSA) is 74.8 Å². The number of nitrogens with zero attached hydrogens (tertiary/aromatic N) is 5. The molecule has 0 saturated carbocycles. The van der Waals surface area contributed by atoms with Crippen LogP contribution in [-0.2, 0) is 11.8 Å². The highest BCUT2D eigenvalue weighted by molar-refractivity contribution is 5.98.